The number of aliphatic hydroxyl groups is 1. The van der Waals surface area contributed by atoms with Crippen molar-refractivity contribution in [2.24, 2.45) is 10.8 Å². The van der Waals surface area contributed by atoms with E-state index >= 15 is 0 Å². The second-order valence-electron chi connectivity index (χ2n) is 8.36. The normalized spacial score (nSPS) is 28.1. The molecular weight excluding hydrogens is 328 g/mol. The van der Waals surface area contributed by atoms with Crippen LogP contribution in [0.15, 0.2) is 18.5 Å². The molecule has 0 aromatic carbocycles. The fourth-order valence-corrected chi connectivity index (χ4v) is 5.33. The van der Waals surface area contributed by atoms with E-state index in [1.54, 1.807) is 12.4 Å². The van der Waals surface area contributed by atoms with Gasteiger partial charge in [0.25, 0.3) is 0 Å². The molecule has 1 aromatic rings. The molecule has 26 heavy (non-hydrogen) atoms. The molecule has 4 rings (SSSR count). The van der Waals surface area contributed by atoms with Crippen LogP contribution in [0.4, 0.5) is 5.95 Å². The van der Waals surface area contributed by atoms with Crippen molar-refractivity contribution in [1.82, 2.24) is 15.3 Å². The smallest absolute Gasteiger partial charge is 0.227 e. The first-order chi connectivity index (χ1) is 12.7. The first kappa shape index (κ1) is 17.7. The Morgan fingerprint density at radius 3 is 2.54 bits per heavy atom. The number of hydrogen-bond acceptors (Lipinski definition) is 5. The van der Waals surface area contributed by atoms with Crippen LogP contribution in [-0.4, -0.2) is 46.7 Å². The minimum Gasteiger partial charge on any atom is -0.396 e. The van der Waals surface area contributed by atoms with Crippen LogP contribution in [0.3, 0.4) is 0 Å². The topological polar surface area (TPSA) is 78.4 Å². The molecule has 1 spiro atoms. The van der Waals surface area contributed by atoms with Crippen LogP contribution in [0.25, 0.3) is 0 Å². The Bertz CT molecular complexity index is 624. The summed E-state index contributed by atoms with van der Waals surface area (Å²) >= 11 is 0. The maximum absolute atomic E-state index is 13.1. The summed E-state index contributed by atoms with van der Waals surface area (Å²) in [5, 5.41) is 13.0. The number of aliphatic hydroxyl groups excluding tert-OH is 1. The second kappa shape index (κ2) is 7.14. The van der Waals surface area contributed by atoms with Crippen LogP contribution in [0.2, 0.25) is 0 Å². The van der Waals surface area contributed by atoms with E-state index in [2.05, 4.69) is 20.2 Å². The van der Waals surface area contributed by atoms with Crippen LogP contribution in [-0.2, 0) is 4.79 Å². The van der Waals surface area contributed by atoms with Crippen LogP contribution in [0.5, 0.6) is 0 Å². The van der Waals surface area contributed by atoms with Gasteiger partial charge < -0.3 is 15.3 Å². The van der Waals surface area contributed by atoms with Gasteiger partial charge in [0, 0.05) is 38.1 Å². The molecule has 1 aromatic heterocycles. The third-order valence-corrected chi connectivity index (χ3v) is 7.00. The number of rotatable bonds is 5. The molecule has 2 aliphatic carbocycles. The number of amides is 1. The van der Waals surface area contributed by atoms with Gasteiger partial charge in [-0.3, -0.25) is 4.79 Å². The Labute approximate surface area is 155 Å². The van der Waals surface area contributed by atoms with Crippen molar-refractivity contribution in [2.45, 2.75) is 63.8 Å². The predicted octanol–water partition coefficient (Wildman–Crippen LogP) is 2.28. The largest absolute Gasteiger partial charge is 0.396 e. The van der Waals surface area contributed by atoms with Gasteiger partial charge in [-0.2, -0.15) is 0 Å². The van der Waals surface area contributed by atoms with Gasteiger partial charge in [0.2, 0.25) is 11.9 Å². The number of piperidine rings is 1. The van der Waals surface area contributed by atoms with E-state index in [9.17, 15) is 9.90 Å². The van der Waals surface area contributed by atoms with Crippen molar-refractivity contribution in [3.05, 3.63) is 18.5 Å². The van der Waals surface area contributed by atoms with Gasteiger partial charge in [0.05, 0.1) is 5.41 Å². The average Bonchev–Trinajstić information content (AvgIpc) is 3.31. The molecule has 2 saturated carbocycles. The lowest BCUT2D eigenvalue weighted by atomic mass is 9.81. The van der Waals surface area contributed by atoms with Gasteiger partial charge in [0.1, 0.15) is 0 Å². The van der Waals surface area contributed by atoms with Crippen LogP contribution < -0.4 is 10.2 Å². The van der Waals surface area contributed by atoms with Gasteiger partial charge in [-0.15, -0.1) is 0 Å². The van der Waals surface area contributed by atoms with Crippen molar-refractivity contribution in [2.75, 3.05) is 24.6 Å². The Hall–Kier alpha value is -1.69. The van der Waals surface area contributed by atoms with E-state index in [-0.39, 0.29) is 23.3 Å². The molecule has 2 heterocycles. The Kier molecular flexibility index (Phi) is 4.86. The number of hydrogen-bond donors (Lipinski definition) is 2. The fourth-order valence-electron chi connectivity index (χ4n) is 5.33. The average molecular weight is 358 g/mol. The monoisotopic (exact) mass is 358 g/mol. The second-order valence-corrected chi connectivity index (χ2v) is 8.36. The molecule has 1 atom stereocenters. The molecule has 1 saturated heterocycles. The molecule has 142 valence electrons. The summed E-state index contributed by atoms with van der Waals surface area (Å²) in [5.41, 5.74) is -0.303. The molecule has 1 amide bonds. The number of nitrogens with one attached hydrogen (secondary N) is 1. The van der Waals surface area contributed by atoms with E-state index in [1.807, 2.05) is 6.07 Å². The first-order valence-electron chi connectivity index (χ1n) is 10.1. The number of carbonyl (C=O) groups is 1. The highest BCUT2D eigenvalue weighted by Gasteiger charge is 2.70. The van der Waals surface area contributed by atoms with Gasteiger partial charge in [-0.1, -0.05) is 19.3 Å². The highest BCUT2D eigenvalue weighted by atomic mass is 16.3. The standard InChI is InChI=1S/C20H30N4O2/c25-14-9-20(17(26)23-16-5-2-1-3-6-16)15-19(20)7-12-24(13-8-19)18-21-10-4-11-22-18/h4,10-11,16,25H,1-3,5-9,12-15H2,(H,23,26). The highest BCUT2D eigenvalue weighted by molar-refractivity contribution is 5.87. The van der Waals surface area contributed by atoms with Crippen LogP contribution in [0.1, 0.15) is 57.8 Å². The van der Waals surface area contributed by atoms with Gasteiger partial charge in [0.15, 0.2) is 0 Å². The van der Waals surface area contributed by atoms with E-state index in [1.165, 1.54) is 19.3 Å². The molecule has 6 nitrogen and oxygen atoms in total. The number of anilines is 1. The number of carbonyl (C=O) groups excluding carboxylic acids is 1. The van der Waals surface area contributed by atoms with Gasteiger partial charge in [-0.05, 0) is 50.0 Å². The van der Waals surface area contributed by atoms with E-state index in [0.29, 0.717) is 12.5 Å². The van der Waals surface area contributed by atoms with Crippen molar-refractivity contribution >= 4 is 11.9 Å². The molecule has 1 aliphatic heterocycles. The molecule has 2 N–H and O–H groups in total. The maximum atomic E-state index is 13.1. The summed E-state index contributed by atoms with van der Waals surface area (Å²) in [4.78, 5) is 24.1. The zero-order valence-electron chi connectivity index (χ0n) is 15.5. The van der Waals surface area contributed by atoms with Crippen molar-refractivity contribution < 1.29 is 9.90 Å². The lowest BCUT2D eigenvalue weighted by molar-refractivity contribution is -0.129. The number of nitrogens with zero attached hydrogens (tertiary/aromatic N) is 3. The number of aromatic nitrogens is 2. The lowest BCUT2D eigenvalue weighted by Crippen LogP contribution is -2.45. The molecule has 3 aliphatic rings. The fraction of sp³-hybridized carbons (Fsp3) is 0.750. The molecule has 6 heteroatoms. The zero-order chi connectivity index (χ0) is 18.0. The van der Waals surface area contributed by atoms with Crippen LogP contribution in [0, 0.1) is 10.8 Å². The summed E-state index contributed by atoms with van der Waals surface area (Å²) < 4.78 is 0. The maximum Gasteiger partial charge on any atom is 0.227 e. The summed E-state index contributed by atoms with van der Waals surface area (Å²) in [6, 6.07) is 2.17. The highest BCUT2D eigenvalue weighted by Crippen LogP contribution is 2.71. The van der Waals surface area contributed by atoms with Gasteiger partial charge >= 0.3 is 0 Å². The summed E-state index contributed by atoms with van der Waals surface area (Å²) in [5.74, 6) is 0.977. The van der Waals surface area contributed by atoms with E-state index in [4.69, 9.17) is 0 Å². The zero-order valence-corrected chi connectivity index (χ0v) is 15.5. The first-order valence-corrected chi connectivity index (χ1v) is 10.1. The summed E-state index contributed by atoms with van der Waals surface area (Å²) in [7, 11) is 0. The van der Waals surface area contributed by atoms with Crippen molar-refractivity contribution in [1.29, 1.82) is 0 Å². The molecular formula is C20H30N4O2. The Balaban J connectivity index is 1.41. The molecule has 1 unspecified atom stereocenters. The van der Waals surface area contributed by atoms with Crippen LogP contribution >= 0.6 is 0 Å². The summed E-state index contributed by atoms with van der Waals surface area (Å²) in [6.45, 7) is 1.85. The van der Waals surface area contributed by atoms with E-state index < -0.39 is 0 Å². The molecule has 0 bridgehead atoms. The summed E-state index contributed by atoms with van der Waals surface area (Å²) in [6.07, 6.45) is 12.9. The molecule has 3 fully saturated rings. The Morgan fingerprint density at radius 2 is 1.88 bits per heavy atom. The van der Waals surface area contributed by atoms with Crippen molar-refractivity contribution in [3.8, 4) is 0 Å². The van der Waals surface area contributed by atoms with Crippen molar-refractivity contribution in [3.63, 3.8) is 0 Å². The Morgan fingerprint density at radius 1 is 1.19 bits per heavy atom. The third kappa shape index (κ3) is 3.08. The lowest BCUT2D eigenvalue weighted by Gasteiger charge is -2.36. The quantitative estimate of drug-likeness (QED) is 0.844. The van der Waals surface area contributed by atoms with Gasteiger partial charge in [-0.25, -0.2) is 9.97 Å². The SMILES string of the molecule is O=C(NC1CCCCC1)C1(CCO)CC12CCN(c1ncccn1)CC2. The molecule has 0 radical (unpaired) electrons. The van der Waals surface area contributed by atoms with E-state index in [0.717, 1.165) is 51.1 Å². The minimum atomic E-state index is -0.358. The minimum absolute atomic E-state index is 0.0553. The predicted molar refractivity (Wildman–Crippen MR) is 99.7 cm³/mol. The third-order valence-electron chi connectivity index (χ3n) is 7.00.